The fraction of sp³-hybridized carbons (Fsp3) is 0.188. The van der Waals surface area contributed by atoms with Gasteiger partial charge < -0.3 is 9.64 Å². The number of hydrogen-bond donors (Lipinski definition) is 0. The summed E-state index contributed by atoms with van der Waals surface area (Å²) < 4.78 is 6.87. The number of halogens is 2. The average Bonchev–Trinajstić information content (AvgIpc) is 2.42. The fourth-order valence-corrected chi connectivity index (χ4v) is 2.97. The summed E-state index contributed by atoms with van der Waals surface area (Å²) in [5.74, 6) is 0.623. The Bertz CT molecular complexity index is 717. The van der Waals surface area contributed by atoms with Crippen molar-refractivity contribution >= 4 is 39.1 Å². The van der Waals surface area contributed by atoms with Gasteiger partial charge in [-0.15, -0.1) is 0 Å². The maximum atomic E-state index is 12.0. The van der Waals surface area contributed by atoms with Gasteiger partial charge in [0.2, 0.25) is 5.91 Å². The second-order valence-electron chi connectivity index (χ2n) is 4.92. The molecular formula is C16H13BrClNO2. The van der Waals surface area contributed by atoms with E-state index in [-0.39, 0.29) is 5.91 Å². The molecule has 0 fully saturated rings. The van der Waals surface area contributed by atoms with Crippen molar-refractivity contribution in [3.63, 3.8) is 0 Å². The molecule has 2 aromatic rings. The minimum absolute atomic E-state index is 0.0436. The van der Waals surface area contributed by atoms with Gasteiger partial charge in [-0.1, -0.05) is 33.6 Å². The third-order valence-corrected chi connectivity index (χ3v) is 4.20. The smallest absolute Gasteiger partial charge is 0.224 e. The third kappa shape index (κ3) is 2.92. The highest BCUT2D eigenvalue weighted by Gasteiger charge is 2.21. The number of ether oxygens (including phenoxy) is 1. The molecule has 5 heteroatoms. The lowest BCUT2D eigenvalue weighted by Crippen LogP contribution is -2.30. The molecule has 0 spiro atoms. The number of rotatable bonds is 0. The molecule has 0 saturated carbocycles. The molecule has 1 aliphatic rings. The number of hydrogen-bond acceptors (Lipinski definition) is 2. The second-order valence-corrected chi connectivity index (χ2v) is 6.27. The summed E-state index contributed by atoms with van der Waals surface area (Å²) in [6.07, 6.45) is 0. The van der Waals surface area contributed by atoms with Crippen LogP contribution in [0.4, 0.5) is 5.69 Å². The van der Waals surface area contributed by atoms with Gasteiger partial charge >= 0.3 is 0 Å². The first-order chi connectivity index (χ1) is 10.0. The molecule has 0 bridgehead atoms. The van der Waals surface area contributed by atoms with E-state index in [4.69, 9.17) is 16.3 Å². The van der Waals surface area contributed by atoms with Gasteiger partial charge in [0.25, 0.3) is 0 Å². The number of anilines is 1. The summed E-state index contributed by atoms with van der Waals surface area (Å²) in [6.45, 7) is 2.52. The van der Waals surface area contributed by atoms with Crippen molar-refractivity contribution in [2.24, 2.45) is 0 Å². The minimum atomic E-state index is -0.0436. The molecule has 0 atom stereocenters. The molecule has 0 radical (unpaired) electrons. The van der Waals surface area contributed by atoms with Crippen molar-refractivity contribution in [1.82, 2.24) is 0 Å². The number of carbonyl (C=O) groups is 1. The predicted molar refractivity (Wildman–Crippen MR) is 86.8 cm³/mol. The van der Waals surface area contributed by atoms with Crippen molar-refractivity contribution < 1.29 is 9.53 Å². The summed E-state index contributed by atoms with van der Waals surface area (Å²) >= 11 is 9.53. The Kier molecular flexibility index (Phi) is 3.91. The topological polar surface area (TPSA) is 29.5 Å². The average molecular weight is 367 g/mol. The summed E-state index contributed by atoms with van der Waals surface area (Å²) in [6, 6.07) is 11.3. The lowest BCUT2D eigenvalue weighted by molar-refractivity contribution is -0.116. The van der Waals surface area contributed by atoms with Crippen LogP contribution in [0.3, 0.4) is 0 Å². The van der Waals surface area contributed by atoms with E-state index in [1.165, 1.54) is 0 Å². The Morgan fingerprint density at radius 1 is 1.24 bits per heavy atom. The molecule has 0 unspecified atom stereocenters. The van der Waals surface area contributed by atoms with Crippen molar-refractivity contribution in [2.75, 3.05) is 4.90 Å². The van der Waals surface area contributed by atoms with Crippen LogP contribution >= 0.6 is 27.5 Å². The minimum Gasteiger partial charge on any atom is -0.487 e. The van der Waals surface area contributed by atoms with Crippen molar-refractivity contribution in [3.05, 3.63) is 57.0 Å². The molecule has 2 aromatic carbocycles. The SMILES string of the molecule is CC(=O)N1Cc2ccc(Br)cc2COc2ccc(Cl)cc21. The number of carbonyl (C=O) groups excluding carboxylic acids is 1. The molecular weight excluding hydrogens is 354 g/mol. The van der Waals surface area contributed by atoms with Crippen LogP contribution in [0.2, 0.25) is 5.02 Å². The summed E-state index contributed by atoms with van der Waals surface area (Å²) in [7, 11) is 0. The van der Waals surface area contributed by atoms with E-state index in [9.17, 15) is 4.79 Å². The Balaban J connectivity index is 2.11. The van der Waals surface area contributed by atoms with Gasteiger partial charge in [-0.2, -0.15) is 0 Å². The Morgan fingerprint density at radius 3 is 2.81 bits per heavy atom. The van der Waals surface area contributed by atoms with Gasteiger partial charge in [-0.05, 0) is 41.5 Å². The van der Waals surface area contributed by atoms with Crippen LogP contribution in [0.1, 0.15) is 18.1 Å². The molecule has 3 rings (SSSR count). The summed E-state index contributed by atoms with van der Waals surface area (Å²) in [4.78, 5) is 13.7. The number of benzene rings is 2. The predicted octanol–water partition coefficient (Wildman–Crippen LogP) is 4.55. The standard InChI is InChI=1S/C16H13BrClNO2/c1-10(20)19-8-11-2-3-13(17)6-12(11)9-21-16-5-4-14(18)7-15(16)19/h2-7H,8-9H2,1H3. The first-order valence-electron chi connectivity index (χ1n) is 6.52. The molecule has 0 aromatic heterocycles. The van der Waals surface area contributed by atoms with Crippen LogP contribution in [-0.4, -0.2) is 5.91 Å². The third-order valence-electron chi connectivity index (χ3n) is 3.47. The summed E-state index contributed by atoms with van der Waals surface area (Å²) in [5.41, 5.74) is 2.85. The van der Waals surface area contributed by atoms with Gasteiger partial charge in [-0.3, -0.25) is 4.79 Å². The highest BCUT2D eigenvalue weighted by atomic mass is 79.9. The molecule has 1 aliphatic heterocycles. The normalized spacial score (nSPS) is 13.6. The van der Waals surface area contributed by atoms with Crippen molar-refractivity contribution in [3.8, 4) is 5.75 Å². The van der Waals surface area contributed by atoms with E-state index in [0.717, 1.165) is 15.6 Å². The maximum absolute atomic E-state index is 12.0. The largest absolute Gasteiger partial charge is 0.487 e. The van der Waals surface area contributed by atoms with Crippen LogP contribution in [0, 0.1) is 0 Å². The lowest BCUT2D eigenvalue weighted by atomic mass is 10.1. The Morgan fingerprint density at radius 2 is 2.05 bits per heavy atom. The van der Waals surface area contributed by atoms with Gasteiger partial charge in [0.1, 0.15) is 12.4 Å². The molecule has 0 aliphatic carbocycles. The number of fused-ring (bicyclic) bond motifs is 2. The molecule has 108 valence electrons. The van der Waals surface area contributed by atoms with E-state index in [2.05, 4.69) is 15.9 Å². The van der Waals surface area contributed by atoms with E-state index in [0.29, 0.717) is 29.6 Å². The van der Waals surface area contributed by atoms with Crippen LogP contribution in [0.5, 0.6) is 5.75 Å². The van der Waals surface area contributed by atoms with Crippen molar-refractivity contribution in [1.29, 1.82) is 0 Å². The van der Waals surface area contributed by atoms with Crippen LogP contribution in [0.25, 0.3) is 0 Å². The zero-order valence-electron chi connectivity index (χ0n) is 11.4. The summed E-state index contributed by atoms with van der Waals surface area (Å²) in [5, 5.41) is 0.584. The van der Waals surface area contributed by atoms with Gasteiger partial charge in [-0.25, -0.2) is 0 Å². The lowest BCUT2D eigenvalue weighted by Gasteiger charge is -2.28. The van der Waals surface area contributed by atoms with Gasteiger partial charge in [0, 0.05) is 16.4 Å². The molecule has 0 N–H and O–H groups in total. The zero-order valence-corrected chi connectivity index (χ0v) is 13.7. The first-order valence-corrected chi connectivity index (χ1v) is 7.69. The molecule has 1 amide bonds. The van der Waals surface area contributed by atoms with Gasteiger partial charge in [0.05, 0.1) is 12.2 Å². The maximum Gasteiger partial charge on any atom is 0.224 e. The zero-order chi connectivity index (χ0) is 15.0. The Hall–Kier alpha value is -1.52. The quantitative estimate of drug-likeness (QED) is 0.684. The second kappa shape index (κ2) is 5.70. The molecule has 21 heavy (non-hydrogen) atoms. The highest BCUT2D eigenvalue weighted by Crippen LogP contribution is 2.35. The number of nitrogens with zero attached hydrogens (tertiary/aromatic N) is 1. The van der Waals surface area contributed by atoms with E-state index < -0.39 is 0 Å². The van der Waals surface area contributed by atoms with Gasteiger partial charge in [0.15, 0.2) is 0 Å². The Labute approximate surface area is 136 Å². The van der Waals surface area contributed by atoms with E-state index in [1.807, 2.05) is 18.2 Å². The van der Waals surface area contributed by atoms with Crippen molar-refractivity contribution in [2.45, 2.75) is 20.1 Å². The number of amides is 1. The van der Waals surface area contributed by atoms with E-state index in [1.54, 1.807) is 30.0 Å². The van der Waals surface area contributed by atoms with Crippen LogP contribution in [0.15, 0.2) is 40.9 Å². The van der Waals surface area contributed by atoms with E-state index >= 15 is 0 Å². The molecule has 3 nitrogen and oxygen atoms in total. The molecule has 1 heterocycles. The fourth-order valence-electron chi connectivity index (χ4n) is 2.40. The highest BCUT2D eigenvalue weighted by molar-refractivity contribution is 9.10. The monoisotopic (exact) mass is 365 g/mol. The first kappa shape index (κ1) is 14.4. The molecule has 0 saturated heterocycles. The van der Waals surface area contributed by atoms with Crippen LogP contribution in [-0.2, 0) is 17.9 Å². The van der Waals surface area contributed by atoms with Crippen LogP contribution < -0.4 is 9.64 Å².